The number of carbonyl (C=O) groups excluding carboxylic acids is 1. The van der Waals surface area contributed by atoms with Gasteiger partial charge in [-0.05, 0) is 13.0 Å². The molecule has 0 spiro atoms. The Kier molecular flexibility index (Phi) is 3.27. The molecule has 13 heavy (non-hydrogen) atoms. The molecule has 0 saturated carbocycles. The van der Waals surface area contributed by atoms with Gasteiger partial charge in [-0.25, -0.2) is 4.79 Å². The summed E-state index contributed by atoms with van der Waals surface area (Å²) >= 11 is 0. The van der Waals surface area contributed by atoms with Crippen LogP contribution in [-0.4, -0.2) is 29.0 Å². The monoisotopic (exact) mass is 184 g/mol. The summed E-state index contributed by atoms with van der Waals surface area (Å²) < 4.78 is 0. The zero-order chi connectivity index (χ0) is 9.68. The molecule has 0 saturated heterocycles. The molecule has 72 valence electrons. The van der Waals surface area contributed by atoms with Gasteiger partial charge in [0, 0.05) is 12.7 Å². The van der Waals surface area contributed by atoms with Crippen molar-refractivity contribution in [3.63, 3.8) is 0 Å². The number of imidazole rings is 1. The van der Waals surface area contributed by atoms with Gasteiger partial charge >= 0.3 is 5.69 Å². The minimum atomic E-state index is -0.385. The summed E-state index contributed by atoms with van der Waals surface area (Å²) in [4.78, 5) is 26.5. The number of aromatic nitrogens is 2. The van der Waals surface area contributed by atoms with Gasteiger partial charge in [0.2, 0.25) is 0 Å². The molecule has 1 aromatic heterocycles. The Bertz CT molecular complexity index is 327. The van der Waals surface area contributed by atoms with E-state index in [-0.39, 0.29) is 17.3 Å². The van der Waals surface area contributed by atoms with Gasteiger partial charge in [0.15, 0.2) is 0 Å². The number of rotatable bonds is 4. The van der Waals surface area contributed by atoms with Crippen molar-refractivity contribution in [2.45, 2.75) is 6.42 Å². The van der Waals surface area contributed by atoms with Gasteiger partial charge in [-0.1, -0.05) is 0 Å². The van der Waals surface area contributed by atoms with E-state index in [9.17, 15) is 9.59 Å². The highest BCUT2D eigenvalue weighted by Gasteiger charge is 2.05. The minimum absolute atomic E-state index is 0.238. The Morgan fingerprint density at radius 3 is 2.92 bits per heavy atom. The molecule has 0 atom stereocenters. The second-order valence-corrected chi connectivity index (χ2v) is 2.55. The number of hydrogen-bond donors (Lipinski definition) is 4. The first-order valence-corrected chi connectivity index (χ1v) is 4.00. The maximum atomic E-state index is 11.2. The fourth-order valence-corrected chi connectivity index (χ4v) is 0.854. The Morgan fingerprint density at radius 2 is 2.38 bits per heavy atom. The number of amides is 1. The molecule has 1 amide bonds. The standard InChI is InChI=1S/C7H12N4O2/c8-2-1-3-9-6(12)5-4-10-7(13)11-5/h4H,1-3,8H2,(H,9,12)(H2,10,11,13). The van der Waals surface area contributed by atoms with Crippen LogP contribution in [0, 0.1) is 0 Å². The third-order valence-corrected chi connectivity index (χ3v) is 1.51. The summed E-state index contributed by atoms with van der Waals surface area (Å²) in [6, 6.07) is 0. The van der Waals surface area contributed by atoms with Crippen molar-refractivity contribution in [1.29, 1.82) is 0 Å². The lowest BCUT2D eigenvalue weighted by Gasteiger charge is -2.00. The molecule has 0 fully saturated rings. The summed E-state index contributed by atoms with van der Waals surface area (Å²) in [5.41, 5.74) is 5.10. The summed E-state index contributed by atoms with van der Waals surface area (Å²) in [6.07, 6.45) is 2.06. The SMILES string of the molecule is NCCCNC(=O)c1c[nH]c(=O)[nH]1. The number of carbonyl (C=O) groups is 1. The van der Waals surface area contributed by atoms with Crippen LogP contribution in [0.2, 0.25) is 0 Å². The van der Waals surface area contributed by atoms with Crippen LogP contribution in [0.1, 0.15) is 16.9 Å². The van der Waals surface area contributed by atoms with Crippen molar-refractivity contribution in [1.82, 2.24) is 15.3 Å². The maximum absolute atomic E-state index is 11.2. The average molecular weight is 184 g/mol. The Balaban J connectivity index is 2.44. The summed E-state index contributed by atoms with van der Waals surface area (Å²) in [5.74, 6) is -0.299. The zero-order valence-corrected chi connectivity index (χ0v) is 7.09. The first-order valence-electron chi connectivity index (χ1n) is 4.00. The normalized spacial score (nSPS) is 9.92. The second kappa shape index (κ2) is 4.46. The van der Waals surface area contributed by atoms with Crippen molar-refractivity contribution >= 4 is 5.91 Å². The smallest absolute Gasteiger partial charge is 0.323 e. The van der Waals surface area contributed by atoms with Crippen LogP contribution in [0.4, 0.5) is 0 Å². The second-order valence-electron chi connectivity index (χ2n) is 2.55. The van der Waals surface area contributed by atoms with E-state index in [0.29, 0.717) is 13.1 Å². The molecule has 1 aromatic rings. The molecule has 6 nitrogen and oxygen atoms in total. The van der Waals surface area contributed by atoms with E-state index in [1.807, 2.05) is 0 Å². The van der Waals surface area contributed by atoms with Crippen molar-refractivity contribution in [2.75, 3.05) is 13.1 Å². The molecule has 6 heteroatoms. The number of nitrogens with one attached hydrogen (secondary N) is 3. The zero-order valence-electron chi connectivity index (χ0n) is 7.09. The average Bonchev–Trinajstić information content (AvgIpc) is 2.52. The maximum Gasteiger partial charge on any atom is 0.323 e. The third-order valence-electron chi connectivity index (χ3n) is 1.51. The minimum Gasteiger partial charge on any atom is -0.351 e. The summed E-state index contributed by atoms with van der Waals surface area (Å²) in [7, 11) is 0. The number of H-pyrrole nitrogens is 2. The predicted octanol–water partition coefficient (Wildman–Crippen LogP) is -1.22. The first kappa shape index (κ1) is 9.53. The molecule has 0 bridgehead atoms. The molecule has 0 unspecified atom stereocenters. The Morgan fingerprint density at radius 1 is 1.62 bits per heavy atom. The predicted molar refractivity (Wildman–Crippen MR) is 47.4 cm³/mol. The quantitative estimate of drug-likeness (QED) is 0.441. The largest absolute Gasteiger partial charge is 0.351 e. The summed E-state index contributed by atoms with van der Waals surface area (Å²) in [5, 5.41) is 2.60. The fourth-order valence-electron chi connectivity index (χ4n) is 0.854. The van der Waals surface area contributed by atoms with Gasteiger partial charge in [0.25, 0.3) is 5.91 Å². The van der Waals surface area contributed by atoms with E-state index < -0.39 is 0 Å². The molecule has 0 aliphatic carbocycles. The van der Waals surface area contributed by atoms with Gasteiger partial charge in [-0.3, -0.25) is 4.79 Å². The van der Waals surface area contributed by atoms with E-state index in [2.05, 4.69) is 15.3 Å². The molecule has 0 aromatic carbocycles. The molecule has 0 radical (unpaired) electrons. The van der Waals surface area contributed by atoms with Crippen LogP contribution >= 0.6 is 0 Å². The van der Waals surface area contributed by atoms with Crippen LogP contribution in [0.3, 0.4) is 0 Å². The van der Waals surface area contributed by atoms with Crippen molar-refractivity contribution in [2.24, 2.45) is 5.73 Å². The van der Waals surface area contributed by atoms with E-state index >= 15 is 0 Å². The van der Waals surface area contributed by atoms with Crippen molar-refractivity contribution in [3.05, 3.63) is 22.4 Å². The number of nitrogens with two attached hydrogens (primary N) is 1. The topological polar surface area (TPSA) is 104 Å². The van der Waals surface area contributed by atoms with Crippen LogP contribution < -0.4 is 16.7 Å². The molecule has 5 N–H and O–H groups in total. The van der Waals surface area contributed by atoms with Crippen molar-refractivity contribution in [3.8, 4) is 0 Å². The van der Waals surface area contributed by atoms with E-state index in [0.717, 1.165) is 6.42 Å². The molecular weight excluding hydrogens is 172 g/mol. The first-order chi connectivity index (χ1) is 6.24. The molecule has 1 heterocycles. The Labute approximate surface area is 74.5 Å². The lowest BCUT2D eigenvalue weighted by atomic mass is 10.4. The van der Waals surface area contributed by atoms with Crippen molar-refractivity contribution < 1.29 is 4.79 Å². The molecule has 0 aliphatic rings. The molecular formula is C7H12N4O2. The van der Waals surface area contributed by atoms with Crippen LogP contribution in [0.25, 0.3) is 0 Å². The molecule has 1 rings (SSSR count). The highest BCUT2D eigenvalue weighted by atomic mass is 16.2. The number of aromatic amines is 2. The third kappa shape index (κ3) is 2.75. The highest BCUT2D eigenvalue weighted by Crippen LogP contribution is 1.86. The van der Waals surface area contributed by atoms with Gasteiger partial charge in [-0.2, -0.15) is 0 Å². The van der Waals surface area contributed by atoms with Crippen LogP contribution in [0.15, 0.2) is 11.0 Å². The van der Waals surface area contributed by atoms with E-state index in [4.69, 9.17) is 5.73 Å². The molecule has 0 aliphatic heterocycles. The lowest BCUT2D eigenvalue weighted by Crippen LogP contribution is -2.26. The number of hydrogen-bond acceptors (Lipinski definition) is 3. The van der Waals surface area contributed by atoms with Gasteiger partial charge in [-0.15, -0.1) is 0 Å². The highest BCUT2D eigenvalue weighted by molar-refractivity contribution is 5.91. The van der Waals surface area contributed by atoms with E-state index in [1.54, 1.807) is 0 Å². The van der Waals surface area contributed by atoms with Crippen LogP contribution in [-0.2, 0) is 0 Å². The van der Waals surface area contributed by atoms with Gasteiger partial charge in [0.05, 0.1) is 0 Å². The summed E-state index contributed by atoms with van der Waals surface area (Å²) in [6.45, 7) is 1.05. The van der Waals surface area contributed by atoms with Crippen LogP contribution in [0.5, 0.6) is 0 Å². The van der Waals surface area contributed by atoms with E-state index in [1.165, 1.54) is 6.20 Å². The lowest BCUT2D eigenvalue weighted by molar-refractivity contribution is 0.0949. The van der Waals surface area contributed by atoms with Gasteiger partial charge < -0.3 is 21.0 Å². The van der Waals surface area contributed by atoms with Gasteiger partial charge in [0.1, 0.15) is 5.69 Å². The Hall–Kier alpha value is -1.56. The fraction of sp³-hybridized carbons (Fsp3) is 0.429.